The maximum Gasteiger partial charge on any atom is 0.126 e. The first kappa shape index (κ1) is 12.5. The van der Waals surface area contributed by atoms with Gasteiger partial charge >= 0.3 is 0 Å². The van der Waals surface area contributed by atoms with Gasteiger partial charge in [-0.2, -0.15) is 0 Å². The molecule has 0 unspecified atom stereocenters. The maximum absolute atomic E-state index is 13.1. The molecule has 0 heterocycles. The molecule has 0 aromatic heterocycles. The summed E-state index contributed by atoms with van der Waals surface area (Å²) < 4.78 is 31.5. The molecule has 0 aliphatic carbocycles. The Hall–Kier alpha value is -1.94. The van der Waals surface area contributed by atoms with Gasteiger partial charge in [0.2, 0.25) is 0 Å². The van der Waals surface area contributed by atoms with Gasteiger partial charge in [-0.15, -0.1) is 0 Å². The number of ether oxygens (including phenoxy) is 1. The average molecular weight is 249 g/mol. The Bertz CT molecular complexity index is 543. The van der Waals surface area contributed by atoms with E-state index >= 15 is 0 Å². The SMILES string of the molecule is NCc1ccc(F)cc1COc1cccc(F)c1. The molecular formula is C14H13F2NO. The third-order valence-electron chi connectivity index (χ3n) is 2.58. The van der Waals surface area contributed by atoms with Crippen LogP contribution in [0.5, 0.6) is 5.75 Å². The Morgan fingerprint density at radius 1 is 0.944 bits per heavy atom. The third kappa shape index (κ3) is 3.05. The van der Waals surface area contributed by atoms with Gasteiger partial charge < -0.3 is 10.5 Å². The molecule has 0 radical (unpaired) electrons. The van der Waals surface area contributed by atoms with Crippen molar-refractivity contribution in [3.63, 3.8) is 0 Å². The van der Waals surface area contributed by atoms with Crippen LogP contribution in [-0.2, 0) is 13.2 Å². The zero-order valence-corrected chi connectivity index (χ0v) is 9.70. The quantitative estimate of drug-likeness (QED) is 0.904. The molecule has 2 aromatic carbocycles. The Balaban J connectivity index is 2.12. The molecule has 0 spiro atoms. The summed E-state index contributed by atoms with van der Waals surface area (Å²) in [6.07, 6.45) is 0. The van der Waals surface area contributed by atoms with Crippen molar-refractivity contribution < 1.29 is 13.5 Å². The fraction of sp³-hybridized carbons (Fsp3) is 0.143. The lowest BCUT2D eigenvalue weighted by Gasteiger charge is -2.10. The summed E-state index contributed by atoms with van der Waals surface area (Å²) >= 11 is 0. The summed E-state index contributed by atoms with van der Waals surface area (Å²) in [7, 11) is 0. The van der Waals surface area contributed by atoms with Crippen molar-refractivity contribution in [1.29, 1.82) is 0 Å². The van der Waals surface area contributed by atoms with Crippen molar-refractivity contribution in [3.8, 4) is 5.75 Å². The van der Waals surface area contributed by atoms with Gasteiger partial charge in [-0.1, -0.05) is 12.1 Å². The Morgan fingerprint density at radius 3 is 2.44 bits per heavy atom. The van der Waals surface area contributed by atoms with Crippen LogP contribution < -0.4 is 10.5 Å². The molecule has 2 aromatic rings. The van der Waals surface area contributed by atoms with E-state index in [0.29, 0.717) is 17.9 Å². The minimum Gasteiger partial charge on any atom is -0.489 e. The molecule has 18 heavy (non-hydrogen) atoms. The van der Waals surface area contributed by atoms with Crippen LogP contribution >= 0.6 is 0 Å². The van der Waals surface area contributed by atoms with Gasteiger partial charge in [-0.3, -0.25) is 0 Å². The summed E-state index contributed by atoms with van der Waals surface area (Å²) in [5.74, 6) is -0.307. The molecule has 0 fully saturated rings. The Labute approximate surface area is 104 Å². The average Bonchev–Trinajstić information content (AvgIpc) is 2.37. The first-order chi connectivity index (χ1) is 8.69. The van der Waals surface area contributed by atoms with Crippen LogP contribution in [0.25, 0.3) is 0 Å². The van der Waals surface area contributed by atoms with E-state index in [2.05, 4.69) is 0 Å². The number of hydrogen-bond donors (Lipinski definition) is 1. The van der Waals surface area contributed by atoms with E-state index in [-0.39, 0.29) is 18.2 Å². The number of nitrogens with two attached hydrogens (primary N) is 1. The first-order valence-corrected chi connectivity index (χ1v) is 5.55. The van der Waals surface area contributed by atoms with Crippen LogP contribution in [0.1, 0.15) is 11.1 Å². The molecule has 0 aliphatic rings. The van der Waals surface area contributed by atoms with Crippen molar-refractivity contribution in [2.24, 2.45) is 5.73 Å². The highest BCUT2D eigenvalue weighted by atomic mass is 19.1. The van der Waals surface area contributed by atoms with E-state index in [1.165, 1.54) is 24.3 Å². The summed E-state index contributed by atoms with van der Waals surface area (Å²) in [6, 6.07) is 10.2. The van der Waals surface area contributed by atoms with E-state index in [4.69, 9.17) is 10.5 Å². The van der Waals surface area contributed by atoms with Crippen molar-refractivity contribution >= 4 is 0 Å². The first-order valence-electron chi connectivity index (χ1n) is 5.55. The molecule has 94 valence electrons. The van der Waals surface area contributed by atoms with Crippen molar-refractivity contribution in [3.05, 3.63) is 65.2 Å². The lowest BCUT2D eigenvalue weighted by Crippen LogP contribution is -2.05. The van der Waals surface area contributed by atoms with Crippen molar-refractivity contribution in [2.45, 2.75) is 13.2 Å². The minimum atomic E-state index is -0.370. The highest BCUT2D eigenvalue weighted by Crippen LogP contribution is 2.17. The van der Waals surface area contributed by atoms with Crippen LogP contribution in [0.3, 0.4) is 0 Å². The molecule has 2 N–H and O–H groups in total. The standard InChI is InChI=1S/C14H13F2NO/c15-12-2-1-3-14(7-12)18-9-11-6-13(16)5-4-10(11)8-17/h1-7H,8-9,17H2. The highest BCUT2D eigenvalue weighted by Gasteiger charge is 2.04. The molecule has 4 heteroatoms. The molecule has 0 saturated carbocycles. The van der Waals surface area contributed by atoms with Crippen molar-refractivity contribution in [1.82, 2.24) is 0 Å². The topological polar surface area (TPSA) is 35.2 Å². The van der Waals surface area contributed by atoms with Crippen LogP contribution in [0.2, 0.25) is 0 Å². The van der Waals surface area contributed by atoms with E-state index in [0.717, 1.165) is 5.56 Å². The lowest BCUT2D eigenvalue weighted by molar-refractivity contribution is 0.302. The molecule has 2 nitrogen and oxygen atoms in total. The van der Waals surface area contributed by atoms with E-state index in [1.54, 1.807) is 18.2 Å². The van der Waals surface area contributed by atoms with E-state index in [9.17, 15) is 8.78 Å². The predicted octanol–water partition coefficient (Wildman–Crippen LogP) is 3.00. The summed E-state index contributed by atoms with van der Waals surface area (Å²) in [5.41, 5.74) is 7.04. The summed E-state index contributed by atoms with van der Waals surface area (Å²) in [4.78, 5) is 0. The number of rotatable bonds is 4. The smallest absolute Gasteiger partial charge is 0.126 e. The number of benzene rings is 2. The molecule has 0 atom stereocenters. The van der Waals surface area contributed by atoms with Gasteiger partial charge in [0.15, 0.2) is 0 Å². The molecule has 0 amide bonds. The van der Waals surface area contributed by atoms with Gasteiger partial charge in [0.1, 0.15) is 24.0 Å². The summed E-state index contributed by atoms with van der Waals surface area (Å²) in [6.45, 7) is 0.468. The second kappa shape index (κ2) is 5.60. The monoisotopic (exact) mass is 249 g/mol. The van der Waals surface area contributed by atoms with Gasteiger partial charge in [-0.05, 0) is 35.4 Å². The second-order valence-corrected chi connectivity index (χ2v) is 3.86. The van der Waals surface area contributed by atoms with Gasteiger partial charge in [0.05, 0.1) is 0 Å². The molecular weight excluding hydrogens is 236 g/mol. The van der Waals surface area contributed by atoms with E-state index < -0.39 is 0 Å². The van der Waals surface area contributed by atoms with Gasteiger partial charge in [0.25, 0.3) is 0 Å². The van der Waals surface area contributed by atoms with Crippen LogP contribution in [-0.4, -0.2) is 0 Å². The fourth-order valence-electron chi connectivity index (χ4n) is 1.65. The number of hydrogen-bond acceptors (Lipinski definition) is 2. The second-order valence-electron chi connectivity index (χ2n) is 3.86. The Morgan fingerprint density at radius 2 is 1.72 bits per heavy atom. The van der Waals surface area contributed by atoms with Gasteiger partial charge in [-0.25, -0.2) is 8.78 Å². The highest BCUT2D eigenvalue weighted by molar-refractivity contribution is 5.29. The lowest BCUT2D eigenvalue weighted by atomic mass is 10.1. The van der Waals surface area contributed by atoms with Crippen molar-refractivity contribution in [2.75, 3.05) is 0 Å². The van der Waals surface area contributed by atoms with E-state index in [1.807, 2.05) is 0 Å². The minimum absolute atomic E-state index is 0.160. The maximum atomic E-state index is 13.1. The summed E-state index contributed by atoms with van der Waals surface area (Å²) in [5, 5.41) is 0. The molecule has 0 bridgehead atoms. The molecule has 2 rings (SSSR count). The normalized spacial score (nSPS) is 10.4. The third-order valence-corrected chi connectivity index (χ3v) is 2.58. The zero-order chi connectivity index (χ0) is 13.0. The molecule has 0 saturated heterocycles. The Kier molecular flexibility index (Phi) is 3.89. The number of halogens is 2. The van der Waals surface area contributed by atoms with Crippen LogP contribution in [0, 0.1) is 11.6 Å². The van der Waals surface area contributed by atoms with Crippen LogP contribution in [0.15, 0.2) is 42.5 Å². The zero-order valence-electron chi connectivity index (χ0n) is 9.70. The fourth-order valence-corrected chi connectivity index (χ4v) is 1.65. The largest absolute Gasteiger partial charge is 0.489 e. The van der Waals surface area contributed by atoms with Crippen LogP contribution in [0.4, 0.5) is 8.78 Å². The predicted molar refractivity (Wildman–Crippen MR) is 65.0 cm³/mol. The molecule has 0 aliphatic heterocycles. The van der Waals surface area contributed by atoms with Gasteiger partial charge in [0, 0.05) is 12.6 Å².